The normalized spacial score (nSPS) is 26.8. The first-order valence-corrected chi connectivity index (χ1v) is 9.57. The van der Waals surface area contributed by atoms with Crippen LogP contribution in [0.2, 0.25) is 0 Å². The standard InChI is InChI=1S/C18H33N3O/c22-18(21-12-4-2-1-3-5-13-21)16-19-14-8-17(9-15-19)20-10-6-7-11-20/h17H,1-16H2. The molecule has 126 valence electrons. The Hall–Kier alpha value is -0.610. The van der Waals surface area contributed by atoms with E-state index in [0.717, 1.165) is 32.2 Å². The summed E-state index contributed by atoms with van der Waals surface area (Å²) in [6.45, 7) is 7.47. The molecule has 4 heteroatoms. The third kappa shape index (κ3) is 4.45. The van der Waals surface area contributed by atoms with Gasteiger partial charge in [-0.25, -0.2) is 0 Å². The van der Waals surface area contributed by atoms with Gasteiger partial charge in [-0.05, 0) is 51.6 Å². The lowest BCUT2D eigenvalue weighted by Gasteiger charge is -2.37. The van der Waals surface area contributed by atoms with Crippen molar-refractivity contribution in [2.45, 2.75) is 63.8 Å². The highest BCUT2D eigenvalue weighted by molar-refractivity contribution is 5.78. The van der Waals surface area contributed by atoms with Crippen molar-refractivity contribution in [1.29, 1.82) is 0 Å². The molecule has 3 aliphatic heterocycles. The molecule has 0 bridgehead atoms. The molecule has 4 nitrogen and oxygen atoms in total. The zero-order valence-corrected chi connectivity index (χ0v) is 14.1. The molecule has 1 amide bonds. The van der Waals surface area contributed by atoms with Gasteiger partial charge in [-0.15, -0.1) is 0 Å². The Morgan fingerprint density at radius 1 is 0.727 bits per heavy atom. The number of hydrogen-bond donors (Lipinski definition) is 0. The highest BCUT2D eigenvalue weighted by atomic mass is 16.2. The van der Waals surface area contributed by atoms with Gasteiger partial charge in [0.2, 0.25) is 5.91 Å². The number of carbonyl (C=O) groups is 1. The van der Waals surface area contributed by atoms with Crippen molar-refractivity contribution in [2.75, 3.05) is 45.8 Å². The molecular formula is C18H33N3O. The second-order valence-electron chi connectivity index (χ2n) is 7.40. The summed E-state index contributed by atoms with van der Waals surface area (Å²) in [6.07, 6.45) is 11.6. The van der Waals surface area contributed by atoms with Gasteiger partial charge in [0.1, 0.15) is 0 Å². The molecule has 0 unspecified atom stereocenters. The van der Waals surface area contributed by atoms with Crippen LogP contribution < -0.4 is 0 Å². The minimum atomic E-state index is 0.376. The monoisotopic (exact) mass is 307 g/mol. The molecule has 22 heavy (non-hydrogen) atoms. The van der Waals surface area contributed by atoms with E-state index in [4.69, 9.17) is 0 Å². The largest absolute Gasteiger partial charge is 0.342 e. The van der Waals surface area contributed by atoms with Crippen molar-refractivity contribution in [2.24, 2.45) is 0 Å². The summed E-state index contributed by atoms with van der Waals surface area (Å²) in [5.41, 5.74) is 0. The molecule has 0 aromatic heterocycles. The molecule has 0 aliphatic carbocycles. The second kappa shape index (κ2) is 8.30. The van der Waals surface area contributed by atoms with Crippen molar-refractivity contribution < 1.29 is 4.79 Å². The van der Waals surface area contributed by atoms with Gasteiger partial charge >= 0.3 is 0 Å². The molecule has 3 heterocycles. The van der Waals surface area contributed by atoms with Crippen LogP contribution in [-0.4, -0.2) is 72.5 Å². The fourth-order valence-electron chi connectivity index (χ4n) is 4.34. The molecule has 3 fully saturated rings. The van der Waals surface area contributed by atoms with E-state index in [1.165, 1.54) is 70.9 Å². The Kier molecular flexibility index (Phi) is 6.13. The fraction of sp³-hybridized carbons (Fsp3) is 0.944. The van der Waals surface area contributed by atoms with Gasteiger partial charge < -0.3 is 9.80 Å². The molecular weight excluding hydrogens is 274 g/mol. The fourth-order valence-corrected chi connectivity index (χ4v) is 4.34. The van der Waals surface area contributed by atoms with Crippen molar-refractivity contribution in [1.82, 2.24) is 14.7 Å². The zero-order chi connectivity index (χ0) is 15.2. The number of piperidine rings is 1. The highest BCUT2D eigenvalue weighted by Gasteiger charge is 2.27. The Bertz CT molecular complexity index is 338. The van der Waals surface area contributed by atoms with Crippen LogP contribution >= 0.6 is 0 Å². The smallest absolute Gasteiger partial charge is 0.236 e. The van der Waals surface area contributed by atoms with Gasteiger partial charge in [-0.1, -0.05) is 19.3 Å². The third-order valence-electron chi connectivity index (χ3n) is 5.78. The van der Waals surface area contributed by atoms with E-state index in [9.17, 15) is 4.79 Å². The Morgan fingerprint density at radius 2 is 1.27 bits per heavy atom. The summed E-state index contributed by atoms with van der Waals surface area (Å²) in [7, 11) is 0. The first-order valence-electron chi connectivity index (χ1n) is 9.57. The number of amides is 1. The molecule has 0 aromatic rings. The maximum atomic E-state index is 12.5. The van der Waals surface area contributed by atoms with Crippen molar-refractivity contribution in [3.8, 4) is 0 Å². The summed E-state index contributed by atoms with van der Waals surface area (Å²) in [6, 6.07) is 0.788. The van der Waals surface area contributed by atoms with E-state index in [-0.39, 0.29) is 0 Å². The van der Waals surface area contributed by atoms with E-state index >= 15 is 0 Å². The van der Waals surface area contributed by atoms with Gasteiger partial charge in [0.05, 0.1) is 6.54 Å². The predicted molar refractivity (Wildman–Crippen MR) is 89.9 cm³/mol. The molecule has 0 saturated carbocycles. The van der Waals surface area contributed by atoms with Crippen LogP contribution in [0.4, 0.5) is 0 Å². The van der Waals surface area contributed by atoms with Crippen LogP contribution in [0, 0.1) is 0 Å². The van der Waals surface area contributed by atoms with E-state index < -0.39 is 0 Å². The van der Waals surface area contributed by atoms with Crippen LogP contribution in [-0.2, 0) is 4.79 Å². The van der Waals surface area contributed by atoms with Gasteiger partial charge in [0, 0.05) is 32.2 Å². The Morgan fingerprint density at radius 3 is 1.91 bits per heavy atom. The highest BCUT2D eigenvalue weighted by Crippen LogP contribution is 2.21. The average molecular weight is 307 g/mol. The lowest BCUT2D eigenvalue weighted by Crippen LogP contribution is -2.48. The van der Waals surface area contributed by atoms with Gasteiger partial charge in [-0.2, -0.15) is 0 Å². The van der Waals surface area contributed by atoms with Crippen molar-refractivity contribution in [3.63, 3.8) is 0 Å². The summed E-state index contributed by atoms with van der Waals surface area (Å²) >= 11 is 0. The van der Waals surface area contributed by atoms with Gasteiger partial charge in [0.25, 0.3) is 0 Å². The van der Waals surface area contributed by atoms with Crippen LogP contribution in [0.3, 0.4) is 0 Å². The molecule has 0 spiro atoms. The summed E-state index contributed by atoms with van der Waals surface area (Å²) in [4.78, 5) is 19.7. The van der Waals surface area contributed by atoms with E-state index in [1.54, 1.807) is 0 Å². The SMILES string of the molecule is O=C(CN1CCC(N2CCCC2)CC1)N1CCCCCCC1. The Balaban J connectivity index is 1.40. The molecule has 0 radical (unpaired) electrons. The van der Waals surface area contributed by atoms with Gasteiger partial charge in [-0.3, -0.25) is 9.69 Å². The third-order valence-corrected chi connectivity index (χ3v) is 5.78. The van der Waals surface area contributed by atoms with Crippen LogP contribution in [0.25, 0.3) is 0 Å². The molecule has 3 aliphatic rings. The minimum Gasteiger partial charge on any atom is -0.342 e. The van der Waals surface area contributed by atoms with Crippen LogP contribution in [0.15, 0.2) is 0 Å². The molecule has 0 aromatic carbocycles. The summed E-state index contributed by atoms with van der Waals surface area (Å²) in [5.74, 6) is 0.376. The van der Waals surface area contributed by atoms with E-state index in [2.05, 4.69) is 14.7 Å². The molecule has 3 rings (SSSR count). The lowest BCUT2D eigenvalue weighted by atomic mass is 10.0. The maximum Gasteiger partial charge on any atom is 0.236 e. The molecule has 3 saturated heterocycles. The molecule has 0 atom stereocenters. The number of hydrogen-bond acceptors (Lipinski definition) is 3. The van der Waals surface area contributed by atoms with E-state index in [0.29, 0.717) is 12.5 Å². The van der Waals surface area contributed by atoms with Gasteiger partial charge in [0.15, 0.2) is 0 Å². The number of nitrogens with zero attached hydrogens (tertiary/aromatic N) is 3. The van der Waals surface area contributed by atoms with Crippen LogP contribution in [0.5, 0.6) is 0 Å². The number of rotatable bonds is 3. The summed E-state index contributed by atoms with van der Waals surface area (Å²) < 4.78 is 0. The summed E-state index contributed by atoms with van der Waals surface area (Å²) in [5, 5.41) is 0. The average Bonchev–Trinajstić information content (AvgIpc) is 3.01. The quantitative estimate of drug-likeness (QED) is 0.801. The minimum absolute atomic E-state index is 0.376. The lowest BCUT2D eigenvalue weighted by molar-refractivity contribution is -0.133. The van der Waals surface area contributed by atoms with Crippen LogP contribution in [0.1, 0.15) is 57.8 Å². The zero-order valence-electron chi connectivity index (χ0n) is 14.1. The molecule has 0 N–H and O–H groups in total. The van der Waals surface area contributed by atoms with Crippen molar-refractivity contribution in [3.05, 3.63) is 0 Å². The van der Waals surface area contributed by atoms with Crippen molar-refractivity contribution >= 4 is 5.91 Å². The first-order chi connectivity index (χ1) is 10.8. The number of likely N-dealkylation sites (tertiary alicyclic amines) is 3. The topological polar surface area (TPSA) is 26.8 Å². The first kappa shape index (κ1) is 16.3. The Labute approximate surface area is 135 Å². The maximum absolute atomic E-state index is 12.5. The number of carbonyl (C=O) groups excluding carboxylic acids is 1. The predicted octanol–water partition coefficient (Wildman–Crippen LogP) is 2.34. The van der Waals surface area contributed by atoms with E-state index in [1.807, 2.05) is 0 Å². The second-order valence-corrected chi connectivity index (χ2v) is 7.40.